The van der Waals surface area contributed by atoms with Gasteiger partial charge in [0.1, 0.15) is 5.01 Å². The van der Waals surface area contributed by atoms with E-state index in [9.17, 15) is 8.42 Å². The Labute approximate surface area is 126 Å². The lowest BCUT2D eigenvalue weighted by Gasteiger charge is -2.09. The van der Waals surface area contributed by atoms with Gasteiger partial charge in [-0.05, 0) is 24.9 Å². The molecule has 0 fully saturated rings. The second kappa shape index (κ2) is 5.80. The molecular weight excluding hydrogens is 320 g/mol. The maximum absolute atomic E-state index is 12.2. The predicted molar refractivity (Wildman–Crippen MR) is 78.4 cm³/mol. The van der Waals surface area contributed by atoms with Gasteiger partial charge in [0.25, 0.3) is 10.0 Å². The first-order valence-corrected chi connectivity index (χ1v) is 8.67. The van der Waals surface area contributed by atoms with Gasteiger partial charge in [-0.2, -0.15) is 0 Å². The Morgan fingerprint density at radius 2 is 2.25 bits per heavy atom. The topological polar surface area (TPSA) is 76.9 Å². The highest BCUT2D eigenvalue weighted by molar-refractivity contribution is 7.89. The molecule has 6 nitrogen and oxygen atoms in total. The fraction of sp³-hybridized carbons (Fsp3) is 0.455. The fourth-order valence-corrected chi connectivity index (χ4v) is 3.90. The molecule has 0 aromatic carbocycles. The smallest absolute Gasteiger partial charge is 0.260 e. The van der Waals surface area contributed by atoms with E-state index in [1.54, 1.807) is 20.2 Å². The zero-order chi connectivity index (χ0) is 14.9. The quantitative estimate of drug-likeness (QED) is 0.908. The van der Waals surface area contributed by atoms with E-state index >= 15 is 0 Å². The lowest BCUT2D eigenvalue weighted by molar-refractivity contribution is 0.563. The Kier molecular flexibility index (Phi) is 4.48. The summed E-state index contributed by atoms with van der Waals surface area (Å²) in [5.74, 6) is 0. The third-order valence-corrected chi connectivity index (χ3v) is 5.78. The number of aryl methyl sites for hydroxylation is 2. The van der Waals surface area contributed by atoms with Gasteiger partial charge >= 0.3 is 0 Å². The van der Waals surface area contributed by atoms with E-state index < -0.39 is 16.1 Å². The molecule has 2 aromatic rings. The van der Waals surface area contributed by atoms with Gasteiger partial charge in [-0.1, -0.05) is 6.92 Å². The van der Waals surface area contributed by atoms with Crippen LogP contribution in [0.4, 0.5) is 0 Å². The monoisotopic (exact) mass is 334 g/mol. The van der Waals surface area contributed by atoms with Crippen LogP contribution in [0.3, 0.4) is 0 Å². The summed E-state index contributed by atoms with van der Waals surface area (Å²) < 4.78 is 28.4. The number of nitrogens with zero attached hydrogens (tertiary/aromatic N) is 3. The Balaban J connectivity index is 2.19. The lowest BCUT2D eigenvalue weighted by atomic mass is 10.4. The fourth-order valence-electron chi connectivity index (χ4n) is 1.58. The van der Waals surface area contributed by atoms with Crippen molar-refractivity contribution in [1.82, 2.24) is 19.3 Å². The van der Waals surface area contributed by atoms with E-state index in [-0.39, 0.29) is 10.3 Å². The number of hydrogen-bond acceptors (Lipinski definition) is 5. The van der Waals surface area contributed by atoms with E-state index in [4.69, 9.17) is 11.6 Å². The Hall–Kier alpha value is -0.960. The molecule has 1 N–H and O–H groups in total. The van der Waals surface area contributed by atoms with Crippen molar-refractivity contribution in [1.29, 1.82) is 0 Å². The van der Waals surface area contributed by atoms with Crippen molar-refractivity contribution in [2.75, 3.05) is 0 Å². The average Bonchev–Trinajstić information content (AvgIpc) is 2.97. The number of hydrogen-bond donors (Lipinski definition) is 1. The van der Waals surface area contributed by atoms with Crippen molar-refractivity contribution in [3.63, 3.8) is 0 Å². The first-order chi connectivity index (χ1) is 9.33. The molecule has 2 heterocycles. The van der Waals surface area contributed by atoms with Gasteiger partial charge < -0.3 is 4.57 Å². The van der Waals surface area contributed by atoms with E-state index in [2.05, 4.69) is 14.7 Å². The summed E-state index contributed by atoms with van der Waals surface area (Å²) in [5.41, 5.74) is 0. The van der Waals surface area contributed by atoms with Crippen LogP contribution in [-0.2, 0) is 23.5 Å². The van der Waals surface area contributed by atoms with Crippen LogP contribution < -0.4 is 4.72 Å². The average molecular weight is 335 g/mol. The zero-order valence-electron chi connectivity index (χ0n) is 11.3. The summed E-state index contributed by atoms with van der Waals surface area (Å²) in [4.78, 5) is 9.16. The summed E-state index contributed by atoms with van der Waals surface area (Å²) in [6, 6.07) is -0.411. The predicted octanol–water partition coefficient (Wildman–Crippen LogP) is 2.13. The number of aromatic nitrogens is 3. The van der Waals surface area contributed by atoms with Crippen LogP contribution in [0, 0.1) is 0 Å². The number of imidazole rings is 1. The van der Waals surface area contributed by atoms with Crippen molar-refractivity contribution in [3.05, 3.63) is 27.6 Å². The zero-order valence-corrected chi connectivity index (χ0v) is 13.7. The van der Waals surface area contributed by atoms with Gasteiger partial charge in [-0.3, -0.25) is 0 Å². The maximum Gasteiger partial charge on any atom is 0.260 e. The standard InChI is InChI=1S/C11H15ClN4O2S2/c1-4-8-5-13-10(19-8)7(2)15-20(17,18)9-6-16(3)11(12)14-9/h5-7,15H,4H2,1-3H3/t7-/m0/s1. The minimum absolute atomic E-state index is 0.0934. The van der Waals surface area contributed by atoms with E-state index in [1.807, 2.05) is 6.92 Å². The molecule has 0 aliphatic carbocycles. The first-order valence-electron chi connectivity index (χ1n) is 5.99. The molecule has 0 spiro atoms. The minimum Gasteiger partial charge on any atom is -0.323 e. The maximum atomic E-state index is 12.2. The summed E-state index contributed by atoms with van der Waals surface area (Å²) >= 11 is 7.26. The minimum atomic E-state index is -3.71. The Morgan fingerprint density at radius 1 is 1.55 bits per heavy atom. The van der Waals surface area contributed by atoms with E-state index in [1.165, 1.54) is 22.1 Å². The highest BCUT2D eigenvalue weighted by atomic mass is 35.5. The summed E-state index contributed by atoms with van der Waals surface area (Å²) in [7, 11) is -2.08. The van der Waals surface area contributed by atoms with Gasteiger partial charge in [0.2, 0.25) is 5.28 Å². The molecule has 0 radical (unpaired) electrons. The van der Waals surface area contributed by atoms with Crippen molar-refractivity contribution < 1.29 is 8.42 Å². The molecule has 9 heteroatoms. The number of rotatable bonds is 5. The van der Waals surface area contributed by atoms with Crippen LogP contribution in [0.15, 0.2) is 17.4 Å². The summed E-state index contributed by atoms with van der Waals surface area (Å²) in [6.45, 7) is 3.78. The number of nitrogens with one attached hydrogen (secondary N) is 1. The number of thiazole rings is 1. The largest absolute Gasteiger partial charge is 0.323 e. The third kappa shape index (κ3) is 3.20. The molecule has 2 rings (SSSR count). The van der Waals surface area contributed by atoms with Gasteiger partial charge in [-0.15, -0.1) is 11.3 Å². The van der Waals surface area contributed by atoms with E-state index in [0.717, 1.165) is 16.3 Å². The molecule has 2 aromatic heterocycles. The van der Waals surface area contributed by atoms with Crippen LogP contribution in [0.2, 0.25) is 5.28 Å². The molecule has 0 saturated carbocycles. The van der Waals surface area contributed by atoms with Gasteiger partial charge in [0, 0.05) is 24.3 Å². The lowest BCUT2D eigenvalue weighted by Crippen LogP contribution is -2.27. The van der Waals surface area contributed by atoms with Gasteiger partial charge in [0.15, 0.2) is 5.03 Å². The number of halogens is 1. The summed E-state index contributed by atoms with van der Waals surface area (Å²) in [5, 5.41) is 0.761. The highest BCUT2D eigenvalue weighted by Crippen LogP contribution is 2.22. The van der Waals surface area contributed by atoms with Crippen molar-refractivity contribution in [3.8, 4) is 0 Å². The van der Waals surface area contributed by atoms with Crippen LogP contribution in [-0.4, -0.2) is 23.0 Å². The SMILES string of the molecule is CCc1cnc([C@H](C)NS(=O)(=O)c2cn(C)c(Cl)n2)s1. The van der Waals surface area contributed by atoms with E-state index in [0.29, 0.717) is 0 Å². The molecule has 0 saturated heterocycles. The van der Waals surface area contributed by atoms with Crippen molar-refractivity contribution >= 4 is 33.0 Å². The van der Waals surface area contributed by atoms with Crippen LogP contribution in [0.5, 0.6) is 0 Å². The second-order valence-electron chi connectivity index (χ2n) is 4.32. The first kappa shape index (κ1) is 15.4. The van der Waals surface area contributed by atoms with Crippen molar-refractivity contribution in [2.45, 2.75) is 31.3 Å². The van der Waals surface area contributed by atoms with Crippen LogP contribution in [0.25, 0.3) is 0 Å². The molecule has 20 heavy (non-hydrogen) atoms. The molecule has 110 valence electrons. The Morgan fingerprint density at radius 3 is 2.75 bits per heavy atom. The third-order valence-electron chi connectivity index (χ3n) is 2.70. The molecule has 0 aliphatic heterocycles. The van der Waals surface area contributed by atoms with Crippen molar-refractivity contribution in [2.24, 2.45) is 7.05 Å². The molecule has 0 aliphatic rings. The molecule has 1 atom stereocenters. The molecular formula is C11H15ClN4O2S2. The highest BCUT2D eigenvalue weighted by Gasteiger charge is 2.23. The second-order valence-corrected chi connectivity index (χ2v) is 7.47. The normalized spacial score (nSPS) is 13.6. The molecule has 0 bridgehead atoms. The number of sulfonamides is 1. The molecule has 0 unspecified atom stereocenters. The summed E-state index contributed by atoms with van der Waals surface area (Å²) in [6.07, 6.45) is 4.02. The Bertz CT molecular complexity index is 688. The van der Waals surface area contributed by atoms with Crippen LogP contribution >= 0.6 is 22.9 Å². The molecule has 0 amide bonds. The van der Waals surface area contributed by atoms with Gasteiger partial charge in [0.05, 0.1) is 6.04 Å². The van der Waals surface area contributed by atoms with Gasteiger partial charge in [-0.25, -0.2) is 23.1 Å². The van der Waals surface area contributed by atoms with Crippen LogP contribution in [0.1, 0.15) is 29.8 Å².